The SMILES string of the molecule is CC(C)CCCOCCOCCOCCN1CCN(Cc2ccc(C(C)C)cc2)CC1. The average Bonchev–Trinajstić information content (AvgIpc) is 2.76. The molecular formula is C26H46N2O3. The van der Waals surface area contributed by atoms with Crippen LogP contribution in [0.1, 0.15) is 57.6 Å². The summed E-state index contributed by atoms with van der Waals surface area (Å²) in [6.07, 6.45) is 2.37. The highest BCUT2D eigenvalue weighted by molar-refractivity contribution is 5.24. The van der Waals surface area contributed by atoms with E-state index in [-0.39, 0.29) is 0 Å². The molecule has 5 heteroatoms. The molecule has 0 unspecified atom stereocenters. The van der Waals surface area contributed by atoms with Gasteiger partial charge in [-0.1, -0.05) is 52.0 Å². The monoisotopic (exact) mass is 434 g/mol. The zero-order valence-electron chi connectivity index (χ0n) is 20.5. The van der Waals surface area contributed by atoms with Crippen LogP contribution in [0.25, 0.3) is 0 Å². The molecule has 1 aliphatic rings. The van der Waals surface area contributed by atoms with E-state index in [9.17, 15) is 0 Å². The maximum atomic E-state index is 5.74. The van der Waals surface area contributed by atoms with E-state index in [0.29, 0.717) is 32.3 Å². The summed E-state index contributed by atoms with van der Waals surface area (Å²) in [7, 11) is 0. The molecule has 0 aromatic heterocycles. The van der Waals surface area contributed by atoms with Crippen molar-refractivity contribution in [3.8, 4) is 0 Å². The Labute approximate surface area is 191 Å². The predicted molar refractivity (Wildman–Crippen MR) is 129 cm³/mol. The lowest BCUT2D eigenvalue weighted by Crippen LogP contribution is -2.46. The van der Waals surface area contributed by atoms with Gasteiger partial charge in [-0.15, -0.1) is 0 Å². The van der Waals surface area contributed by atoms with E-state index in [2.05, 4.69) is 61.8 Å². The van der Waals surface area contributed by atoms with Gasteiger partial charge in [-0.25, -0.2) is 0 Å². The first-order valence-corrected chi connectivity index (χ1v) is 12.3. The lowest BCUT2D eigenvalue weighted by atomic mass is 10.0. The van der Waals surface area contributed by atoms with Gasteiger partial charge in [0.15, 0.2) is 0 Å². The zero-order valence-corrected chi connectivity index (χ0v) is 20.5. The minimum Gasteiger partial charge on any atom is -0.379 e. The van der Waals surface area contributed by atoms with Crippen LogP contribution in [0, 0.1) is 5.92 Å². The lowest BCUT2D eigenvalue weighted by Gasteiger charge is -2.34. The molecule has 1 fully saturated rings. The fourth-order valence-electron chi connectivity index (χ4n) is 3.77. The van der Waals surface area contributed by atoms with E-state index in [1.165, 1.54) is 17.5 Å². The molecule has 0 atom stereocenters. The van der Waals surface area contributed by atoms with Crippen molar-refractivity contribution in [2.24, 2.45) is 5.92 Å². The van der Waals surface area contributed by atoms with Crippen molar-refractivity contribution in [1.82, 2.24) is 9.80 Å². The number of nitrogens with zero attached hydrogens (tertiary/aromatic N) is 2. The maximum absolute atomic E-state index is 5.74. The number of hydrogen-bond donors (Lipinski definition) is 0. The first-order valence-electron chi connectivity index (χ1n) is 12.3. The van der Waals surface area contributed by atoms with E-state index in [4.69, 9.17) is 14.2 Å². The van der Waals surface area contributed by atoms with Gasteiger partial charge in [0.25, 0.3) is 0 Å². The molecule has 0 radical (unpaired) electrons. The fraction of sp³-hybridized carbons (Fsp3) is 0.769. The summed E-state index contributed by atoms with van der Waals surface area (Å²) in [5.41, 5.74) is 2.84. The van der Waals surface area contributed by atoms with Crippen LogP contribution in [0.3, 0.4) is 0 Å². The Balaban J connectivity index is 1.41. The van der Waals surface area contributed by atoms with E-state index in [0.717, 1.165) is 64.8 Å². The molecule has 1 aliphatic heterocycles. The van der Waals surface area contributed by atoms with Crippen LogP contribution in [0.5, 0.6) is 0 Å². The molecule has 1 aromatic rings. The zero-order chi connectivity index (χ0) is 22.3. The second kappa shape index (κ2) is 15.8. The fourth-order valence-corrected chi connectivity index (χ4v) is 3.77. The molecular weight excluding hydrogens is 388 g/mol. The minimum atomic E-state index is 0.602. The molecule has 31 heavy (non-hydrogen) atoms. The highest BCUT2D eigenvalue weighted by Crippen LogP contribution is 2.16. The normalized spacial score (nSPS) is 15.9. The smallest absolute Gasteiger partial charge is 0.0701 e. The van der Waals surface area contributed by atoms with E-state index >= 15 is 0 Å². The maximum Gasteiger partial charge on any atom is 0.0701 e. The lowest BCUT2D eigenvalue weighted by molar-refractivity contribution is 0.00703. The van der Waals surface area contributed by atoms with Crippen molar-refractivity contribution in [3.05, 3.63) is 35.4 Å². The number of ether oxygens (including phenoxy) is 3. The van der Waals surface area contributed by atoms with Crippen molar-refractivity contribution >= 4 is 0 Å². The van der Waals surface area contributed by atoms with Gasteiger partial charge in [-0.3, -0.25) is 9.80 Å². The van der Waals surface area contributed by atoms with Gasteiger partial charge in [0, 0.05) is 45.9 Å². The van der Waals surface area contributed by atoms with Gasteiger partial charge in [-0.05, 0) is 35.8 Å². The van der Waals surface area contributed by atoms with Crippen LogP contribution in [0.15, 0.2) is 24.3 Å². The molecule has 1 aromatic carbocycles. The highest BCUT2D eigenvalue weighted by atomic mass is 16.5. The Morgan fingerprint density at radius 1 is 0.710 bits per heavy atom. The third-order valence-electron chi connectivity index (χ3n) is 5.88. The standard InChI is InChI=1S/C26H46N2O3/c1-23(2)6-5-16-29-18-20-31-21-19-30-17-15-27-11-13-28(14-12-27)22-25-7-9-26(10-8-25)24(3)4/h7-10,23-24H,5-6,11-22H2,1-4H3. The number of hydrogen-bond acceptors (Lipinski definition) is 5. The summed E-state index contributed by atoms with van der Waals surface area (Å²) < 4.78 is 16.9. The molecule has 1 heterocycles. The Kier molecular flexibility index (Phi) is 13.4. The molecule has 0 N–H and O–H groups in total. The van der Waals surface area contributed by atoms with Crippen LogP contribution in [-0.4, -0.2) is 82.2 Å². The Hall–Kier alpha value is -0.980. The van der Waals surface area contributed by atoms with Gasteiger partial charge in [-0.2, -0.15) is 0 Å². The van der Waals surface area contributed by atoms with Gasteiger partial charge in [0.2, 0.25) is 0 Å². The Morgan fingerprint density at radius 2 is 1.26 bits per heavy atom. The first kappa shape index (κ1) is 26.3. The Morgan fingerprint density at radius 3 is 1.84 bits per heavy atom. The quantitative estimate of drug-likeness (QED) is 0.360. The van der Waals surface area contributed by atoms with Crippen LogP contribution < -0.4 is 0 Å². The summed E-state index contributed by atoms with van der Waals surface area (Å²) in [4.78, 5) is 5.06. The van der Waals surface area contributed by atoms with Crippen molar-refractivity contribution in [2.45, 2.75) is 53.0 Å². The van der Waals surface area contributed by atoms with Crippen molar-refractivity contribution in [1.29, 1.82) is 0 Å². The minimum absolute atomic E-state index is 0.602. The van der Waals surface area contributed by atoms with E-state index in [1.807, 2.05) is 0 Å². The van der Waals surface area contributed by atoms with E-state index in [1.54, 1.807) is 0 Å². The number of piperazine rings is 1. The predicted octanol–water partition coefficient (Wildman–Crippen LogP) is 4.41. The molecule has 5 nitrogen and oxygen atoms in total. The molecule has 178 valence electrons. The summed E-state index contributed by atoms with van der Waals surface area (Å²) in [6.45, 7) is 19.9. The summed E-state index contributed by atoms with van der Waals surface area (Å²) in [5.74, 6) is 1.36. The summed E-state index contributed by atoms with van der Waals surface area (Å²) in [5, 5.41) is 0. The highest BCUT2D eigenvalue weighted by Gasteiger charge is 2.16. The largest absolute Gasteiger partial charge is 0.379 e. The molecule has 2 rings (SSSR count). The average molecular weight is 435 g/mol. The summed E-state index contributed by atoms with van der Waals surface area (Å²) in [6, 6.07) is 9.13. The third-order valence-corrected chi connectivity index (χ3v) is 5.88. The van der Waals surface area contributed by atoms with Crippen molar-refractivity contribution < 1.29 is 14.2 Å². The molecule has 1 saturated heterocycles. The van der Waals surface area contributed by atoms with Crippen molar-refractivity contribution in [3.63, 3.8) is 0 Å². The van der Waals surface area contributed by atoms with Crippen LogP contribution in [-0.2, 0) is 20.8 Å². The topological polar surface area (TPSA) is 34.2 Å². The second-order valence-electron chi connectivity index (χ2n) is 9.39. The molecule has 0 saturated carbocycles. The molecule has 0 bridgehead atoms. The van der Waals surface area contributed by atoms with E-state index < -0.39 is 0 Å². The summed E-state index contributed by atoms with van der Waals surface area (Å²) >= 11 is 0. The van der Waals surface area contributed by atoms with Crippen LogP contribution in [0.4, 0.5) is 0 Å². The molecule has 0 spiro atoms. The Bertz CT molecular complexity index is 554. The second-order valence-corrected chi connectivity index (χ2v) is 9.39. The van der Waals surface area contributed by atoms with Gasteiger partial charge in [0.05, 0.1) is 33.0 Å². The molecule has 0 amide bonds. The molecule has 0 aliphatic carbocycles. The van der Waals surface area contributed by atoms with Crippen molar-refractivity contribution in [2.75, 3.05) is 72.4 Å². The van der Waals surface area contributed by atoms with Gasteiger partial charge in [0.1, 0.15) is 0 Å². The van der Waals surface area contributed by atoms with Gasteiger partial charge >= 0.3 is 0 Å². The van der Waals surface area contributed by atoms with Crippen LogP contribution >= 0.6 is 0 Å². The van der Waals surface area contributed by atoms with Crippen LogP contribution in [0.2, 0.25) is 0 Å². The van der Waals surface area contributed by atoms with Gasteiger partial charge < -0.3 is 14.2 Å². The first-order chi connectivity index (χ1) is 15.0. The number of rotatable bonds is 16. The third kappa shape index (κ3) is 12.0. The number of benzene rings is 1.